The fourth-order valence-corrected chi connectivity index (χ4v) is 3.79. The Bertz CT molecular complexity index is 1020. The highest BCUT2D eigenvalue weighted by atomic mass is 32.1. The molecule has 0 fully saturated rings. The monoisotopic (exact) mass is 362 g/mol. The number of aromatic nitrogens is 3. The van der Waals surface area contributed by atoms with Crippen molar-refractivity contribution in [3.05, 3.63) is 72.0 Å². The van der Waals surface area contributed by atoms with E-state index in [9.17, 15) is 4.79 Å². The van der Waals surface area contributed by atoms with Crippen molar-refractivity contribution in [3.8, 4) is 10.6 Å². The van der Waals surface area contributed by atoms with Gasteiger partial charge in [-0.2, -0.15) is 0 Å². The van der Waals surface area contributed by atoms with Crippen LogP contribution in [0.25, 0.3) is 21.6 Å². The number of hydrogen-bond donors (Lipinski definition) is 1. The number of carbonyl (C=O) groups excluding carboxylic acids is 1. The number of nitrogens with zero attached hydrogens (tertiary/aromatic N) is 3. The summed E-state index contributed by atoms with van der Waals surface area (Å²) in [6.07, 6.45) is 5.22. The first-order chi connectivity index (χ1) is 12.7. The molecule has 4 aromatic rings. The lowest BCUT2D eigenvalue weighted by molar-refractivity contribution is -0.122. The first-order valence-corrected chi connectivity index (χ1v) is 9.28. The highest BCUT2D eigenvalue weighted by Gasteiger charge is 2.16. The van der Waals surface area contributed by atoms with Gasteiger partial charge in [0, 0.05) is 24.0 Å². The maximum absolute atomic E-state index is 12.7. The average Bonchev–Trinajstić information content (AvgIpc) is 3.31. The zero-order valence-corrected chi connectivity index (χ0v) is 15.1. The van der Waals surface area contributed by atoms with Gasteiger partial charge in [-0.25, -0.2) is 4.98 Å². The Morgan fingerprint density at radius 1 is 1.19 bits per heavy atom. The summed E-state index contributed by atoms with van der Waals surface area (Å²) in [5.74, 6) is -0.0460. The number of hydrogen-bond acceptors (Lipinski definition) is 4. The number of rotatable bonds is 5. The summed E-state index contributed by atoms with van der Waals surface area (Å²) < 4.78 is 1.98. The lowest BCUT2D eigenvalue weighted by Crippen LogP contribution is -2.30. The molecule has 0 bridgehead atoms. The van der Waals surface area contributed by atoms with Crippen LogP contribution in [-0.4, -0.2) is 20.4 Å². The Balaban J connectivity index is 1.62. The van der Waals surface area contributed by atoms with Crippen molar-refractivity contribution in [3.63, 3.8) is 0 Å². The number of nitrogens with one attached hydrogen (secondary N) is 1. The fraction of sp³-hybridized carbons (Fsp3) is 0.150. The highest BCUT2D eigenvalue weighted by Crippen LogP contribution is 2.30. The lowest BCUT2D eigenvalue weighted by atomic mass is 10.1. The number of thiophene rings is 1. The van der Waals surface area contributed by atoms with Gasteiger partial charge in [-0.1, -0.05) is 6.07 Å². The molecule has 1 N–H and O–H groups in total. The zero-order chi connectivity index (χ0) is 17.9. The van der Waals surface area contributed by atoms with Crippen molar-refractivity contribution in [2.75, 3.05) is 0 Å². The smallest absolute Gasteiger partial charge is 0.240 e. The van der Waals surface area contributed by atoms with Gasteiger partial charge in [0.05, 0.1) is 16.6 Å². The van der Waals surface area contributed by atoms with Gasteiger partial charge in [-0.05, 0) is 54.3 Å². The molecule has 0 spiro atoms. The molecule has 26 heavy (non-hydrogen) atoms. The molecule has 0 aliphatic rings. The molecule has 0 aliphatic carbocycles. The maximum Gasteiger partial charge on any atom is 0.240 e. The quantitative estimate of drug-likeness (QED) is 0.583. The van der Waals surface area contributed by atoms with Gasteiger partial charge in [0.25, 0.3) is 0 Å². The van der Waals surface area contributed by atoms with Gasteiger partial charge in [-0.15, -0.1) is 11.3 Å². The standard InChI is InChI=1S/C20H18N4OS/c1-14(15-6-9-21-10-7-15)23-19(25)13-24-17(18-5-3-11-26-18)12-16-4-2-8-22-20(16)24/h2-12,14H,13H2,1H3,(H,23,25)/t14-/m0/s1. The summed E-state index contributed by atoms with van der Waals surface area (Å²) in [4.78, 5) is 22.3. The summed E-state index contributed by atoms with van der Waals surface area (Å²) in [6, 6.07) is 13.8. The van der Waals surface area contributed by atoms with E-state index < -0.39 is 0 Å². The normalized spacial score (nSPS) is 12.2. The van der Waals surface area contributed by atoms with Gasteiger partial charge < -0.3 is 9.88 Å². The molecule has 0 saturated carbocycles. The van der Waals surface area contributed by atoms with Crippen LogP contribution < -0.4 is 5.32 Å². The fourth-order valence-electron chi connectivity index (χ4n) is 3.04. The van der Waals surface area contributed by atoms with Crippen LogP contribution in [0.1, 0.15) is 18.5 Å². The van der Waals surface area contributed by atoms with E-state index in [1.807, 2.05) is 47.2 Å². The van der Waals surface area contributed by atoms with E-state index in [1.54, 1.807) is 29.9 Å². The molecule has 1 atom stereocenters. The molecule has 0 radical (unpaired) electrons. The molecule has 0 unspecified atom stereocenters. The van der Waals surface area contributed by atoms with Crippen molar-refractivity contribution >= 4 is 28.3 Å². The molecule has 4 rings (SSSR count). The van der Waals surface area contributed by atoms with E-state index in [1.165, 1.54) is 0 Å². The van der Waals surface area contributed by atoms with Crippen LogP contribution >= 0.6 is 11.3 Å². The van der Waals surface area contributed by atoms with Crippen LogP contribution in [-0.2, 0) is 11.3 Å². The Kier molecular flexibility index (Phi) is 4.50. The maximum atomic E-state index is 12.7. The molecule has 0 aliphatic heterocycles. The predicted octanol–water partition coefficient (Wildman–Crippen LogP) is 4.04. The third-order valence-corrected chi connectivity index (χ3v) is 5.21. The highest BCUT2D eigenvalue weighted by molar-refractivity contribution is 7.13. The Morgan fingerprint density at radius 3 is 2.81 bits per heavy atom. The molecule has 6 heteroatoms. The molecular formula is C20H18N4OS. The van der Waals surface area contributed by atoms with Crippen molar-refractivity contribution < 1.29 is 4.79 Å². The second-order valence-corrected chi connectivity index (χ2v) is 7.03. The first-order valence-electron chi connectivity index (χ1n) is 8.40. The second kappa shape index (κ2) is 7.09. The van der Waals surface area contributed by atoms with E-state index in [2.05, 4.69) is 27.4 Å². The topological polar surface area (TPSA) is 59.8 Å². The number of pyridine rings is 2. The van der Waals surface area contributed by atoms with E-state index in [0.29, 0.717) is 0 Å². The van der Waals surface area contributed by atoms with Crippen molar-refractivity contribution in [1.29, 1.82) is 0 Å². The largest absolute Gasteiger partial charge is 0.348 e. The predicted molar refractivity (Wildman–Crippen MR) is 104 cm³/mol. The molecule has 0 saturated heterocycles. The van der Waals surface area contributed by atoms with Crippen LogP contribution in [0.15, 0.2) is 66.4 Å². The van der Waals surface area contributed by atoms with Crippen LogP contribution in [0.5, 0.6) is 0 Å². The first kappa shape index (κ1) is 16.5. The minimum atomic E-state index is -0.0783. The molecule has 130 valence electrons. The van der Waals surface area contributed by atoms with Crippen molar-refractivity contribution in [2.24, 2.45) is 0 Å². The molecule has 0 aromatic carbocycles. The lowest BCUT2D eigenvalue weighted by Gasteiger charge is -2.15. The van der Waals surface area contributed by atoms with E-state index in [0.717, 1.165) is 27.2 Å². The summed E-state index contributed by atoms with van der Waals surface area (Å²) >= 11 is 1.66. The van der Waals surface area contributed by atoms with Crippen molar-refractivity contribution in [1.82, 2.24) is 19.9 Å². The van der Waals surface area contributed by atoms with Crippen LogP contribution in [0, 0.1) is 0 Å². The summed E-state index contributed by atoms with van der Waals surface area (Å²) in [6.45, 7) is 2.20. The van der Waals surface area contributed by atoms with Gasteiger partial charge in [0.15, 0.2) is 0 Å². The molecule has 4 heterocycles. The Hall–Kier alpha value is -2.99. The zero-order valence-electron chi connectivity index (χ0n) is 14.3. The molecule has 5 nitrogen and oxygen atoms in total. The Labute approximate surface area is 155 Å². The Morgan fingerprint density at radius 2 is 2.04 bits per heavy atom. The summed E-state index contributed by atoms with van der Waals surface area (Å²) in [5, 5.41) is 6.13. The average molecular weight is 362 g/mol. The third-order valence-electron chi connectivity index (χ3n) is 4.31. The summed E-state index contributed by atoms with van der Waals surface area (Å²) in [5.41, 5.74) is 2.87. The van der Waals surface area contributed by atoms with E-state index in [4.69, 9.17) is 0 Å². The number of amides is 1. The van der Waals surface area contributed by atoms with Crippen molar-refractivity contribution in [2.45, 2.75) is 19.5 Å². The van der Waals surface area contributed by atoms with E-state index in [-0.39, 0.29) is 18.5 Å². The molecule has 4 aromatic heterocycles. The van der Waals surface area contributed by atoms with Gasteiger partial charge in [0.1, 0.15) is 12.2 Å². The minimum absolute atomic E-state index is 0.0460. The summed E-state index contributed by atoms with van der Waals surface area (Å²) in [7, 11) is 0. The van der Waals surface area contributed by atoms with Crippen LogP contribution in [0.4, 0.5) is 0 Å². The minimum Gasteiger partial charge on any atom is -0.348 e. The van der Waals surface area contributed by atoms with Crippen LogP contribution in [0.2, 0.25) is 0 Å². The van der Waals surface area contributed by atoms with Gasteiger partial charge in [-0.3, -0.25) is 9.78 Å². The molecule has 1 amide bonds. The van der Waals surface area contributed by atoms with Gasteiger partial charge in [0.2, 0.25) is 5.91 Å². The van der Waals surface area contributed by atoms with E-state index >= 15 is 0 Å². The SMILES string of the molecule is C[C@H](NC(=O)Cn1c(-c2cccs2)cc2cccnc21)c1ccncc1. The molecular weight excluding hydrogens is 344 g/mol. The number of fused-ring (bicyclic) bond motifs is 1. The third kappa shape index (κ3) is 3.23. The van der Waals surface area contributed by atoms with Gasteiger partial charge >= 0.3 is 0 Å². The number of carbonyl (C=O) groups is 1. The second-order valence-electron chi connectivity index (χ2n) is 6.08. The van der Waals surface area contributed by atoms with Crippen LogP contribution in [0.3, 0.4) is 0 Å².